The fourth-order valence-corrected chi connectivity index (χ4v) is 3.07. The minimum atomic E-state index is -0.369. The first-order valence-electron chi connectivity index (χ1n) is 8.59. The van der Waals surface area contributed by atoms with E-state index < -0.39 is 0 Å². The van der Waals surface area contributed by atoms with Crippen molar-refractivity contribution in [2.75, 3.05) is 17.7 Å². The third-order valence-corrected chi connectivity index (χ3v) is 4.53. The summed E-state index contributed by atoms with van der Waals surface area (Å²) in [6, 6.07) is 19.7. The van der Waals surface area contributed by atoms with Crippen molar-refractivity contribution in [1.29, 1.82) is 0 Å². The van der Waals surface area contributed by atoms with Gasteiger partial charge in [0.2, 0.25) is 0 Å². The lowest BCUT2D eigenvalue weighted by molar-refractivity contribution is 0.262. The van der Waals surface area contributed by atoms with Crippen LogP contribution < -0.4 is 15.4 Å². The average molecular weight is 393 g/mol. The predicted molar refractivity (Wildman–Crippen MR) is 112 cm³/mol. The molecule has 4 rings (SSSR count). The van der Waals surface area contributed by atoms with Crippen LogP contribution >= 0.6 is 11.6 Å². The van der Waals surface area contributed by atoms with E-state index in [0.29, 0.717) is 33.5 Å². The van der Waals surface area contributed by atoms with Crippen LogP contribution in [0.15, 0.2) is 66.7 Å². The summed E-state index contributed by atoms with van der Waals surface area (Å²) in [7, 11) is 1.58. The molecule has 0 bridgehead atoms. The van der Waals surface area contributed by atoms with Crippen molar-refractivity contribution < 1.29 is 9.53 Å². The highest BCUT2D eigenvalue weighted by molar-refractivity contribution is 6.33. The third kappa shape index (κ3) is 3.77. The summed E-state index contributed by atoms with van der Waals surface area (Å²) < 4.78 is 5.16. The molecule has 0 fully saturated rings. The molecule has 0 spiro atoms. The van der Waals surface area contributed by atoms with Crippen LogP contribution in [0.4, 0.5) is 16.2 Å². The topological polar surface area (TPSA) is 79.0 Å². The number of carbonyl (C=O) groups is 1. The number of hydrogen-bond donors (Lipinski definition) is 3. The van der Waals surface area contributed by atoms with E-state index in [-0.39, 0.29) is 6.03 Å². The van der Waals surface area contributed by atoms with Gasteiger partial charge in [-0.05, 0) is 42.5 Å². The zero-order valence-corrected chi connectivity index (χ0v) is 15.7. The molecule has 1 aromatic heterocycles. The van der Waals surface area contributed by atoms with Gasteiger partial charge < -0.3 is 20.4 Å². The zero-order valence-electron chi connectivity index (χ0n) is 15.0. The molecule has 28 heavy (non-hydrogen) atoms. The monoisotopic (exact) mass is 392 g/mol. The molecule has 2 amide bonds. The second-order valence-electron chi connectivity index (χ2n) is 6.11. The smallest absolute Gasteiger partial charge is 0.323 e. The molecule has 3 N–H and O–H groups in total. The molecular weight excluding hydrogens is 376 g/mol. The number of H-pyrrole nitrogens is 1. The maximum atomic E-state index is 12.3. The summed E-state index contributed by atoms with van der Waals surface area (Å²) in [5, 5.41) is 6.12. The van der Waals surface area contributed by atoms with E-state index in [1.165, 1.54) is 0 Å². The number of aromatic nitrogens is 2. The zero-order chi connectivity index (χ0) is 19.5. The number of nitrogens with one attached hydrogen (secondary N) is 3. The van der Waals surface area contributed by atoms with Gasteiger partial charge in [-0.2, -0.15) is 0 Å². The quantitative estimate of drug-likeness (QED) is 0.427. The molecule has 0 aliphatic heterocycles. The molecule has 0 aliphatic rings. The second kappa shape index (κ2) is 7.62. The molecule has 0 radical (unpaired) electrons. The van der Waals surface area contributed by atoms with Gasteiger partial charge in [-0.25, -0.2) is 9.78 Å². The molecule has 0 aliphatic carbocycles. The van der Waals surface area contributed by atoms with E-state index in [2.05, 4.69) is 20.6 Å². The maximum absolute atomic E-state index is 12.3. The Labute approximate surface area is 166 Å². The number of ether oxygens (including phenoxy) is 1. The molecule has 1 heterocycles. The molecule has 0 unspecified atom stereocenters. The summed E-state index contributed by atoms with van der Waals surface area (Å²) in [5.41, 5.74) is 3.70. The fourth-order valence-electron chi connectivity index (χ4n) is 2.86. The lowest BCUT2D eigenvalue weighted by Crippen LogP contribution is -2.19. The Morgan fingerprint density at radius 3 is 2.57 bits per heavy atom. The highest BCUT2D eigenvalue weighted by Gasteiger charge is 2.11. The van der Waals surface area contributed by atoms with Crippen LogP contribution in [0.25, 0.3) is 22.4 Å². The summed E-state index contributed by atoms with van der Waals surface area (Å²) in [4.78, 5) is 20.2. The molecule has 0 saturated heterocycles. The number of halogens is 1. The number of imidazole rings is 1. The molecule has 3 aromatic carbocycles. The van der Waals surface area contributed by atoms with Crippen LogP contribution in [0, 0.1) is 0 Å². The predicted octanol–water partition coefficient (Wildman–Crippen LogP) is 5.54. The van der Waals surface area contributed by atoms with Crippen LogP contribution in [0.1, 0.15) is 0 Å². The van der Waals surface area contributed by atoms with Crippen LogP contribution in [0.3, 0.4) is 0 Å². The van der Waals surface area contributed by atoms with Crippen molar-refractivity contribution in [1.82, 2.24) is 9.97 Å². The SMILES string of the molecule is COc1cccc(NC(=O)Nc2ccc(Cl)c(-c3nc4ccccc4[nH]3)c2)c1. The van der Waals surface area contributed by atoms with E-state index in [4.69, 9.17) is 16.3 Å². The van der Waals surface area contributed by atoms with E-state index in [9.17, 15) is 4.79 Å². The molecule has 0 saturated carbocycles. The number of methoxy groups -OCH3 is 1. The Morgan fingerprint density at radius 1 is 1.00 bits per heavy atom. The van der Waals surface area contributed by atoms with Gasteiger partial charge in [0.25, 0.3) is 0 Å². The van der Waals surface area contributed by atoms with Gasteiger partial charge in [0.15, 0.2) is 0 Å². The number of fused-ring (bicyclic) bond motifs is 1. The molecule has 0 atom stereocenters. The summed E-state index contributed by atoms with van der Waals surface area (Å²) in [5.74, 6) is 1.31. The lowest BCUT2D eigenvalue weighted by Gasteiger charge is -2.10. The maximum Gasteiger partial charge on any atom is 0.323 e. The number of anilines is 2. The highest BCUT2D eigenvalue weighted by Crippen LogP contribution is 2.30. The van der Waals surface area contributed by atoms with Crippen LogP contribution in [0.5, 0.6) is 5.75 Å². The first-order chi connectivity index (χ1) is 13.6. The molecule has 6 nitrogen and oxygen atoms in total. The minimum Gasteiger partial charge on any atom is -0.497 e. The number of rotatable bonds is 4. The van der Waals surface area contributed by atoms with Gasteiger partial charge in [0, 0.05) is 23.0 Å². The number of aromatic amines is 1. The van der Waals surface area contributed by atoms with Gasteiger partial charge >= 0.3 is 6.03 Å². The molecule has 7 heteroatoms. The van der Waals surface area contributed by atoms with E-state index in [1.807, 2.05) is 30.3 Å². The normalized spacial score (nSPS) is 10.6. The van der Waals surface area contributed by atoms with E-state index in [0.717, 1.165) is 11.0 Å². The Morgan fingerprint density at radius 2 is 1.79 bits per heavy atom. The minimum absolute atomic E-state index is 0.369. The number of nitrogens with zero attached hydrogens (tertiary/aromatic N) is 1. The van der Waals surface area contributed by atoms with Crippen LogP contribution in [-0.2, 0) is 0 Å². The van der Waals surface area contributed by atoms with Gasteiger partial charge in [-0.15, -0.1) is 0 Å². The largest absolute Gasteiger partial charge is 0.497 e. The Kier molecular flexibility index (Phi) is 4.87. The van der Waals surface area contributed by atoms with Gasteiger partial charge in [-0.3, -0.25) is 0 Å². The van der Waals surface area contributed by atoms with Crippen molar-refractivity contribution >= 4 is 40.0 Å². The third-order valence-electron chi connectivity index (χ3n) is 4.20. The Balaban J connectivity index is 1.55. The van der Waals surface area contributed by atoms with Gasteiger partial charge in [-0.1, -0.05) is 29.8 Å². The van der Waals surface area contributed by atoms with Crippen LogP contribution in [-0.4, -0.2) is 23.1 Å². The van der Waals surface area contributed by atoms with Crippen molar-refractivity contribution in [3.05, 3.63) is 71.8 Å². The van der Waals surface area contributed by atoms with Crippen LogP contribution in [0.2, 0.25) is 5.02 Å². The Bertz CT molecular complexity index is 1120. The van der Waals surface area contributed by atoms with E-state index in [1.54, 1.807) is 43.5 Å². The van der Waals surface area contributed by atoms with E-state index >= 15 is 0 Å². The van der Waals surface area contributed by atoms with Crippen molar-refractivity contribution in [2.24, 2.45) is 0 Å². The van der Waals surface area contributed by atoms with Crippen molar-refractivity contribution in [2.45, 2.75) is 0 Å². The number of para-hydroxylation sites is 2. The van der Waals surface area contributed by atoms with Gasteiger partial charge in [0.05, 0.1) is 23.2 Å². The van der Waals surface area contributed by atoms with Crippen molar-refractivity contribution in [3.63, 3.8) is 0 Å². The molecule has 140 valence electrons. The first kappa shape index (κ1) is 17.9. The first-order valence-corrected chi connectivity index (χ1v) is 8.97. The summed E-state index contributed by atoms with van der Waals surface area (Å²) in [6.45, 7) is 0. The fraction of sp³-hybridized carbons (Fsp3) is 0.0476. The number of carbonyl (C=O) groups excluding carboxylic acids is 1. The number of urea groups is 1. The second-order valence-corrected chi connectivity index (χ2v) is 6.52. The number of hydrogen-bond acceptors (Lipinski definition) is 3. The summed E-state index contributed by atoms with van der Waals surface area (Å²) >= 11 is 6.36. The molecular formula is C21H17ClN4O2. The molecule has 4 aromatic rings. The highest BCUT2D eigenvalue weighted by atomic mass is 35.5. The van der Waals surface area contributed by atoms with Gasteiger partial charge in [0.1, 0.15) is 11.6 Å². The lowest BCUT2D eigenvalue weighted by atomic mass is 10.2. The number of amides is 2. The Hall–Kier alpha value is -3.51. The average Bonchev–Trinajstić information content (AvgIpc) is 3.13. The van der Waals surface area contributed by atoms with Crippen molar-refractivity contribution in [3.8, 4) is 17.1 Å². The summed E-state index contributed by atoms with van der Waals surface area (Å²) in [6.07, 6.45) is 0. The standard InChI is InChI=1S/C21H17ClN4O2/c1-28-15-6-4-5-13(11-15)23-21(27)24-14-9-10-17(22)16(12-14)20-25-18-7-2-3-8-19(18)26-20/h2-12H,1H3,(H,25,26)(H2,23,24,27). The number of benzene rings is 3.